The molecule has 7 heteroatoms. The number of nitrogens with zero attached hydrogens (tertiary/aromatic N) is 5. The minimum Gasteiger partial charge on any atom is -0.458 e. The van der Waals surface area contributed by atoms with E-state index in [9.17, 15) is 0 Å². The lowest BCUT2D eigenvalue weighted by Crippen LogP contribution is -2.53. The zero-order valence-corrected chi connectivity index (χ0v) is 34.5. The fourth-order valence-corrected chi connectivity index (χ4v) is 9.62. The first kappa shape index (κ1) is 33.1. The molecule has 3 aromatic heterocycles. The number of imidazole rings is 2. The molecule has 0 spiro atoms. The van der Waals surface area contributed by atoms with Crippen molar-refractivity contribution in [3.63, 3.8) is 0 Å². The number of aromatic nitrogens is 5. The van der Waals surface area contributed by atoms with Gasteiger partial charge in [-0.1, -0.05) is 160 Å². The standard InChI is InChI=1S/C55H42BN5O/c1-55(2,3)38-31-39(59-35-58(4)49-27-13-14-28-50(49)59)33-41(32-38)62-40-29-30-44-45-23-16-24-46-53(45)60(51(44)34-40)54-57-47-25-11-12-26-48(47)61(54)56(46)52-42(36-17-7-5-8-18-36)21-15-22-43(52)37-19-9-6-10-20-37/h5-34H,1-4H3/i4D3. The molecule has 296 valence electrons. The Bertz CT molecular complexity index is 3620. The fourth-order valence-electron chi connectivity index (χ4n) is 9.62. The molecule has 0 amide bonds. The van der Waals surface area contributed by atoms with E-state index in [2.05, 4.69) is 182 Å². The Morgan fingerprint density at radius 1 is 0.629 bits per heavy atom. The van der Waals surface area contributed by atoms with Gasteiger partial charge in [-0.05, 0) is 80.6 Å². The lowest BCUT2D eigenvalue weighted by atomic mass is 9.46. The molecule has 0 bridgehead atoms. The molecule has 0 N–H and O–H groups in total. The molecule has 1 aliphatic rings. The molecule has 62 heavy (non-hydrogen) atoms. The first-order valence-electron chi connectivity index (χ1n) is 22.6. The van der Waals surface area contributed by atoms with Gasteiger partial charge in [-0.15, -0.1) is 0 Å². The topological polar surface area (TPSA) is 40.8 Å². The summed E-state index contributed by atoms with van der Waals surface area (Å²) in [4.78, 5) is 5.46. The molecule has 0 aliphatic carbocycles. The predicted molar refractivity (Wildman–Crippen MR) is 254 cm³/mol. The minimum absolute atomic E-state index is 0.218. The van der Waals surface area contributed by atoms with Crippen LogP contribution in [0.5, 0.6) is 11.5 Å². The zero-order valence-electron chi connectivity index (χ0n) is 37.5. The highest BCUT2D eigenvalue weighted by Gasteiger charge is 2.39. The van der Waals surface area contributed by atoms with E-state index in [1.54, 1.807) is 0 Å². The molecule has 8 aromatic carbocycles. The Kier molecular flexibility index (Phi) is 7.32. The summed E-state index contributed by atoms with van der Waals surface area (Å²) in [6.45, 7) is 3.87. The van der Waals surface area contributed by atoms with Gasteiger partial charge in [0, 0.05) is 16.8 Å². The van der Waals surface area contributed by atoms with Crippen LogP contribution in [-0.4, -0.2) is 25.4 Å². The molecule has 6 nitrogen and oxygen atoms in total. The van der Waals surface area contributed by atoms with Gasteiger partial charge in [0.2, 0.25) is 12.3 Å². The molecule has 0 fully saturated rings. The lowest BCUT2D eigenvalue weighted by Gasteiger charge is -2.29. The van der Waals surface area contributed by atoms with Gasteiger partial charge in [0.05, 0.1) is 49.9 Å². The third kappa shape index (κ3) is 5.58. The summed E-state index contributed by atoms with van der Waals surface area (Å²) >= 11 is 0. The quantitative estimate of drug-likeness (QED) is 0.0954. The van der Waals surface area contributed by atoms with E-state index in [1.807, 2.05) is 41.0 Å². The Morgan fingerprint density at radius 2 is 1.32 bits per heavy atom. The second kappa shape index (κ2) is 13.7. The van der Waals surface area contributed by atoms with E-state index in [1.165, 1.54) is 26.6 Å². The van der Waals surface area contributed by atoms with Gasteiger partial charge in [-0.2, -0.15) is 0 Å². The van der Waals surface area contributed by atoms with Gasteiger partial charge in [-0.3, -0.25) is 4.57 Å². The number of hydrogen-bond donors (Lipinski definition) is 0. The first-order valence-corrected chi connectivity index (χ1v) is 21.1. The van der Waals surface area contributed by atoms with Gasteiger partial charge in [0.25, 0.3) is 0 Å². The maximum atomic E-state index is 8.26. The van der Waals surface area contributed by atoms with Gasteiger partial charge in [-0.25, -0.2) is 4.98 Å². The lowest BCUT2D eigenvalue weighted by molar-refractivity contribution is -0.649. The number of hydrogen-bond acceptors (Lipinski definition) is 2. The summed E-state index contributed by atoms with van der Waals surface area (Å²) in [6, 6.07) is 63.2. The molecule has 0 saturated carbocycles. The molecule has 11 aromatic rings. The Balaban J connectivity index is 1.08. The largest absolute Gasteiger partial charge is 0.458 e. The van der Waals surface area contributed by atoms with Crippen LogP contribution in [-0.2, 0) is 12.4 Å². The normalized spacial score (nSPS) is 13.4. The maximum absolute atomic E-state index is 8.26. The SMILES string of the molecule is [2H]C([2H])([2H])[n+]1[c-]n(-c2cc(Oc3ccc4c5cccc6c5n(c4c3)-c3nc4ccccc4n3B6c3c(-c4ccccc4)cccc3-c3ccccc3)cc(C(C)(C)C)c2)c2ccccc21. The van der Waals surface area contributed by atoms with Crippen LogP contribution < -0.4 is 20.2 Å². The molecule has 4 heterocycles. The van der Waals surface area contributed by atoms with Crippen LogP contribution in [0.3, 0.4) is 0 Å². The van der Waals surface area contributed by atoms with Crippen molar-refractivity contribution in [3.05, 3.63) is 194 Å². The first-order chi connectivity index (χ1) is 31.5. The van der Waals surface area contributed by atoms with E-state index in [-0.39, 0.29) is 12.3 Å². The van der Waals surface area contributed by atoms with E-state index in [0.29, 0.717) is 17.0 Å². The minimum atomic E-state index is -2.40. The highest BCUT2D eigenvalue weighted by Crippen LogP contribution is 2.40. The van der Waals surface area contributed by atoms with Crippen molar-refractivity contribution < 1.29 is 13.4 Å². The van der Waals surface area contributed by atoms with Crippen molar-refractivity contribution in [3.8, 4) is 45.4 Å². The second-order valence-corrected chi connectivity index (χ2v) is 17.3. The van der Waals surface area contributed by atoms with Crippen LogP contribution in [0.2, 0.25) is 0 Å². The second-order valence-electron chi connectivity index (χ2n) is 17.3. The van der Waals surface area contributed by atoms with E-state index in [0.717, 1.165) is 66.7 Å². The number of ether oxygens (including phenoxy) is 1. The highest BCUT2D eigenvalue weighted by molar-refractivity contribution is 6.88. The zero-order chi connectivity index (χ0) is 44.2. The molecular weight excluding hydrogens is 757 g/mol. The summed E-state index contributed by atoms with van der Waals surface area (Å²) in [5.41, 5.74) is 14.0. The third-order valence-corrected chi connectivity index (χ3v) is 12.5. The van der Waals surface area contributed by atoms with Gasteiger partial charge >= 0.3 is 6.85 Å². The predicted octanol–water partition coefficient (Wildman–Crippen LogP) is 11.1. The number of rotatable bonds is 6. The number of benzene rings is 8. The van der Waals surface area contributed by atoms with E-state index < -0.39 is 6.98 Å². The van der Waals surface area contributed by atoms with E-state index in [4.69, 9.17) is 13.8 Å². The number of fused-ring (bicyclic) bond motifs is 8. The van der Waals surface area contributed by atoms with Crippen molar-refractivity contribution in [2.45, 2.75) is 26.2 Å². The Labute approximate surface area is 364 Å². The fraction of sp³-hybridized carbons (Fsp3) is 0.0909. The molecule has 12 rings (SSSR count). The van der Waals surface area contributed by atoms with Gasteiger partial charge in [0.15, 0.2) is 0 Å². The van der Waals surface area contributed by atoms with Crippen molar-refractivity contribution in [2.24, 2.45) is 6.98 Å². The third-order valence-electron chi connectivity index (χ3n) is 12.5. The summed E-state index contributed by atoms with van der Waals surface area (Å²) in [6.07, 6.45) is 3.15. The highest BCUT2D eigenvalue weighted by atomic mass is 16.5. The monoisotopic (exact) mass is 802 g/mol. The number of para-hydroxylation sites is 5. The van der Waals surface area contributed by atoms with Crippen molar-refractivity contribution >= 4 is 61.6 Å². The van der Waals surface area contributed by atoms with E-state index >= 15 is 0 Å². The molecule has 0 atom stereocenters. The smallest absolute Gasteiger partial charge is 0.334 e. The van der Waals surface area contributed by atoms with Crippen LogP contribution in [0.4, 0.5) is 0 Å². The summed E-state index contributed by atoms with van der Waals surface area (Å²) in [5.74, 6) is 2.13. The van der Waals surface area contributed by atoms with Crippen molar-refractivity contribution in [2.75, 3.05) is 0 Å². The summed E-state index contributed by atoms with van der Waals surface area (Å²) in [5, 5.41) is 2.24. The summed E-state index contributed by atoms with van der Waals surface area (Å²) in [7, 11) is 0. The molecule has 0 saturated heterocycles. The van der Waals surface area contributed by atoms with Crippen LogP contribution in [0.15, 0.2) is 182 Å². The Morgan fingerprint density at radius 3 is 2.06 bits per heavy atom. The van der Waals surface area contributed by atoms with Gasteiger partial charge in [0.1, 0.15) is 11.5 Å². The average Bonchev–Trinajstić information content (AvgIpc) is 4.00. The van der Waals surface area contributed by atoms with Crippen molar-refractivity contribution in [1.29, 1.82) is 0 Å². The Hall–Kier alpha value is -7.64. The average molecular weight is 803 g/mol. The van der Waals surface area contributed by atoms with Crippen LogP contribution in [0.25, 0.3) is 77.8 Å². The van der Waals surface area contributed by atoms with Crippen molar-refractivity contribution in [1.82, 2.24) is 18.6 Å². The summed E-state index contributed by atoms with van der Waals surface area (Å²) < 4.78 is 39.5. The molecule has 0 unspecified atom stereocenters. The van der Waals surface area contributed by atoms with Crippen LogP contribution >= 0.6 is 0 Å². The van der Waals surface area contributed by atoms with Crippen LogP contribution in [0.1, 0.15) is 30.4 Å². The molecule has 0 radical (unpaired) electrons. The molecular formula is C55H42BN5O. The molecule has 1 aliphatic heterocycles. The van der Waals surface area contributed by atoms with Crippen LogP contribution in [0, 0.1) is 6.33 Å². The van der Waals surface area contributed by atoms with Gasteiger partial charge < -0.3 is 18.3 Å². The number of aryl methyl sites for hydroxylation is 1. The maximum Gasteiger partial charge on any atom is 0.334 e.